The predicted molar refractivity (Wildman–Crippen MR) is 144 cm³/mol. The van der Waals surface area contributed by atoms with Crippen molar-refractivity contribution in [2.24, 2.45) is 0 Å². The number of rotatable bonds is 9. The molecule has 5 nitrogen and oxygen atoms in total. The van der Waals surface area contributed by atoms with E-state index in [0.29, 0.717) is 18.9 Å². The number of hydrogen-bond acceptors (Lipinski definition) is 4. The molecule has 1 aliphatic heterocycles. The van der Waals surface area contributed by atoms with Crippen molar-refractivity contribution >= 4 is 5.97 Å². The molecule has 1 saturated heterocycles. The third-order valence-electron chi connectivity index (χ3n) is 6.72. The van der Waals surface area contributed by atoms with Gasteiger partial charge in [0.2, 0.25) is 0 Å². The van der Waals surface area contributed by atoms with Crippen molar-refractivity contribution in [3.8, 4) is 22.4 Å². The maximum absolute atomic E-state index is 13.8. The highest BCUT2D eigenvalue weighted by atomic mass is 19.1. The van der Waals surface area contributed by atoms with Gasteiger partial charge >= 0.3 is 5.97 Å². The van der Waals surface area contributed by atoms with Gasteiger partial charge in [0.25, 0.3) is 0 Å². The van der Waals surface area contributed by atoms with E-state index in [0.717, 1.165) is 35.3 Å². The van der Waals surface area contributed by atoms with Crippen molar-refractivity contribution < 1.29 is 23.4 Å². The van der Waals surface area contributed by atoms with Crippen LogP contribution in [0.25, 0.3) is 22.4 Å². The van der Waals surface area contributed by atoms with Crippen LogP contribution in [0.2, 0.25) is 0 Å². The molecule has 0 radical (unpaired) electrons. The van der Waals surface area contributed by atoms with Crippen LogP contribution in [0, 0.1) is 5.82 Å². The van der Waals surface area contributed by atoms with Crippen LogP contribution in [0.15, 0.2) is 60.7 Å². The van der Waals surface area contributed by atoms with Crippen molar-refractivity contribution in [2.45, 2.75) is 84.3 Å². The van der Waals surface area contributed by atoms with Gasteiger partial charge < -0.3 is 18.8 Å². The van der Waals surface area contributed by atoms with Gasteiger partial charge in [-0.2, -0.15) is 0 Å². The second kappa shape index (κ2) is 11.6. The van der Waals surface area contributed by atoms with Gasteiger partial charge in [0, 0.05) is 24.2 Å². The molecular formula is C31H38FNO4. The summed E-state index contributed by atoms with van der Waals surface area (Å²) >= 11 is 0. The smallest absolute Gasteiger partial charge is 0.308 e. The quantitative estimate of drug-likeness (QED) is 0.284. The van der Waals surface area contributed by atoms with E-state index in [-0.39, 0.29) is 30.4 Å². The molecule has 2 aromatic carbocycles. The number of ether oxygens (including phenoxy) is 3. The second-order valence-electron chi connectivity index (χ2n) is 10.4. The monoisotopic (exact) mass is 507 g/mol. The first kappa shape index (κ1) is 27.1. The summed E-state index contributed by atoms with van der Waals surface area (Å²) in [6.45, 7) is 11.1. The van der Waals surface area contributed by atoms with Crippen LogP contribution >= 0.6 is 0 Å². The SMILES string of the molecule is CCOC(=O)CC1CC(CCn2c(C(C)C)cc(-c3ccccc3)c2-c2ccc(F)cc2)OC(C)(C)O1. The molecule has 0 saturated carbocycles. The topological polar surface area (TPSA) is 49.7 Å². The van der Waals surface area contributed by atoms with Crippen molar-refractivity contribution in [1.82, 2.24) is 4.57 Å². The van der Waals surface area contributed by atoms with Crippen LogP contribution in [-0.4, -0.2) is 35.1 Å². The minimum Gasteiger partial charge on any atom is -0.466 e. The average Bonchev–Trinajstić information content (AvgIpc) is 3.23. The Morgan fingerprint density at radius 3 is 2.38 bits per heavy atom. The number of carbonyl (C=O) groups is 1. The standard InChI is InChI=1S/C31H38FNO4/c1-6-35-29(34)19-26-18-25(36-31(4,5)37-26)16-17-33-28(21(2)3)20-27(22-10-8-7-9-11-22)30(33)23-12-14-24(32)15-13-23/h7-15,20-21,25-26H,6,16-19H2,1-5H3. The van der Waals surface area contributed by atoms with E-state index < -0.39 is 5.79 Å². The summed E-state index contributed by atoms with van der Waals surface area (Å²) in [6.07, 6.45) is 1.27. The van der Waals surface area contributed by atoms with Crippen molar-refractivity contribution in [1.29, 1.82) is 0 Å². The Bertz CT molecular complexity index is 1180. The highest BCUT2D eigenvalue weighted by Crippen LogP contribution is 2.39. The number of nitrogens with zero attached hydrogens (tertiary/aromatic N) is 1. The molecule has 1 aromatic heterocycles. The number of hydrogen-bond donors (Lipinski definition) is 0. The van der Waals surface area contributed by atoms with E-state index in [9.17, 15) is 9.18 Å². The largest absolute Gasteiger partial charge is 0.466 e. The fourth-order valence-electron chi connectivity index (χ4n) is 5.25. The molecular weight excluding hydrogens is 469 g/mol. The predicted octanol–water partition coefficient (Wildman–Crippen LogP) is 7.34. The molecule has 1 fully saturated rings. The zero-order chi connectivity index (χ0) is 26.6. The van der Waals surface area contributed by atoms with Crippen LogP contribution in [0.3, 0.4) is 0 Å². The summed E-state index contributed by atoms with van der Waals surface area (Å²) in [7, 11) is 0. The Labute approximate surface area is 219 Å². The Morgan fingerprint density at radius 2 is 1.73 bits per heavy atom. The lowest BCUT2D eigenvalue weighted by Crippen LogP contribution is -2.45. The molecule has 2 heterocycles. The molecule has 0 aliphatic carbocycles. The summed E-state index contributed by atoms with van der Waals surface area (Å²) in [6, 6.07) is 19.3. The normalized spacial score (nSPS) is 19.2. The van der Waals surface area contributed by atoms with Crippen LogP contribution in [0.5, 0.6) is 0 Å². The Morgan fingerprint density at radius 1 is 1.05 bits per heavy atom. The van der Waals surface area contributed by atoms with Crippen LogP contribution in [-0.2, 0) is 25.5 Å². The van der Waals surface area contributed by atoms with Gasteiger partial charge in [-0.15, -0.1) is 0 Å². The minimum atomic E-state index is -0.785. The second-order valence-corrected chi connectivity index (χ2v) is 10.4. The van der Waals surface area contributed by atoms with Gasteiger partial charge in [-0.1, -0.05) is 44.2 Å². The van der Waals surface area contributed by atoms with Crippen LogP contribution in [0.4, 0.5) is 4.39 Å². The molecule has 4 rings (SSSR count). The number of benzene rings is 2. The summed E-state index contributed by atoms with van der Waals surface area (Å²) in [5, 5.41) is 0. The molecule has 37 heavy (non-hydrogen) atoms. The summed E-state index contributed by atoms with van der Waals surface area (Å²) < 4.78 is 33.7. The minimum absolute atomic E-state index is 0.0770. The van der Waals surface area contributed by atoms with Gasteiger partial charge in [0.15, 0.2) is 5.79 Å². The maximum atomic E-state index is 13.8. The zero-order valence-electron chi connectivity index (χ0n) is 22.5. The third-order valence-corrected chi connectivity index (χ3v) is 6.72. The van der Waals surface area contributed by atoms with Crippen molar-refractivity contribution in [2.75, 3.05) is 6.61 Å². The molecule has 0 bridgehead atoms. The first-order valence-corrected chi connectivity index (χ1v) is 13.2. The van der Waals surface area contributed by atoms with E-state index in [2.05, 4.69) is 36.6 Å². The van der Waals surface area contributed by atoms with Crippen molar-refractivity contribution in [3.05, 3.63) is 72.2 Å². The highest BCUT2D eigenvalue weighted by Gasteiger charge is 2.36. The van der Waals surface area contributed by atoms with Crippen LogP contribution < -0.4 is 0 Å². The van der Waals surface area contributed by atoms with Crippen molar-refractivity contribution in [3.63, 3.8) is 0 Å². The molecule has 0 N–H and O–H groups in total. The van der Waals surface area contributed by atoms with E-state index in [1.807, 2.05) is 44.2 Å². The van der Waals surface area contributed by atoms with Gasteiger partial charge in [-0.25, -0.2) is 4.39 Å². The zero-order valence-corrected chi connectivity index (χ0v) is 22.5. The Kier molecular flexibility index (Phi) is 8.50. The molecule has 0 amide bonds. The Hall–Kier alpha value is -2.96. The average molecular weight is 508 g/mol. The van der Waals surface area contributed by atoms with E-state index in [1.165, 1.54) is 17.8 Å². The van der Waals surface area contributed by atoms with E-state index in [4.69, 9.17) is 14.2 Å². The Balaban J connectivity index is 1.66. The highest BCUT2D eigenvalue weighted by molar-refractivity contribution is 5.82. The summed E-state index contributed by atoms with van der Waals surface area (Å²) in [4.78, 5) is 12.1. The number of esters is 1. The molecule has 2 atom stereocenters. The number of halogens is 1. The van der Waals surface area contributed by atoms with Gasteiger partial charge in [-0.05, 0) is 74.6 Å². The lowest BCUT2D eigenvalue weighted by atomic mass is 10.0. The summed E-state index contributed by atoms with van der Waals surface area (Å²) in [5.74, 6) is -0.993. The first-order valence-electron chi connectivity index (χ1n) is 13.2. The van der Waals surface area contributed by atoms with Gasteiger partial charge in [0.1, 0.15) is 5.82 Å². The molecule has 6 heteroatoms. The molecule has 198 valence electrons. The molecule has 0 spiro atoms. The van der Waals surface area contributed by atoms with E-state index in [1.54, 1.807) is 6.92 Å². The maximum Gasteiger partial charge on any atom is 0.308 e. The first-order chi connectivity index (χ1) is 17.7. The third kappa shape index (κ3) is 6.68. The summed E-state index contributed by atoms with van der Waals surface area (Å²) in [5.41, 5.74) is 5.52. The molecule has 2 unspecified atom stereocenters. The number of aromatic nitrogens is 1. The molecule has 1 aliphatic rings. The fourth-order valence-corrected chi connectivity index (χ4v) is 5.25. The van der Waals surface area contributed by atoms with Crippen LogP contribution in [0.1, 0.15) is 65.5 Å². The lowest BCUT2D eigenvalue weighted by molar-refractivity contribution is -0.300. The fraction of sp³-hybridized carbons (Fsp3) is 0.452. The number of carbonyl (C=O) groups excluding carboxylic acids is 1. The lowest BCUT2D eigenvalue weighted by Gasteiger charge is -2.40. The van der Waals surface area contributed by atoms with Gasteiger partial charge in [-0.3, -0.25) is 4.79 Å². The van der Waals surface area contributed by atoms with Gasteiger partial charge in [0.05, 0.1) is 30.9 Å². The molecule has 3 aromatic rings. The van der Waals surface area contributed by atoms with E-state index >= 15 is 0 Å².